The molecule has 0 bridgehead atoms. The average molecular weight is 357 g/mol. The zero-order chi connectivity index (χ0) is 17.7. The van der Waals surface area contributed by atoms with Gasteiger partial charge in [0.05, 0.1) is 17.4 Å². The normalized spacial score (nSPS) is 16.6. The van der Waals surface area contributed by atoms with Gasteiger partial charge in [0.2, 0.25) is 22.3 Å². The van der Waals surface area contributed by atoms with Gasteiger partial charge in [0.15, 0.2) is 0 Å². The van der Waals surface area contributed by atoms with E-state index in [9.17, 15) is 22.4 Å². The molecule has 1 aliphatic heterocycles. The van der Waals surface area contributed by atoms with Crippen LogP contribution in [0.1, 0.15) is 6.92 Å². The lowest BCUT2D eigenvalue weighted by Gasteiger charge is -2.34. The van der Waals surface area contributed by atoms with Crippen molar-refractivity contribution in [3.63, 3.8) is 0 Å². The Morgan fingerprint density at radius 1 is 1.33 bits per heavy atom. The fraction of sp³-hybridized carbons (Fsp3) is 0.467. The molecule has 1 unspecified atom stereocenters. The Labute approximate surface area is 140 Å². The third kappa shape index (κ3) is 4.92. The molecule has 1 atom stereocenters. The molecule has 2 rings (SSSR count). The van der Waals surface area contributed by atoms with E-state index >= 15 is 0 Å². The highest BCUT2D eigenvalue weighted by Gasteiger charge is 2.28. The first-order chi connectivity index (χ1) is 11.3. The van der Waals surface area contributed by atoms with Crippen molar-refractivity contribution in [2.24, 2.45) is 5.92 Å². The minimum absolute atomic E-state index is 0.120. The van der Waals surface area contributed by atoms with Gasteiger partial charge in [-0.25, -0.2) is 12.8 Å². The zero-order valence-corrected chi connectivity index (χ0v) is 14.1. The minimum atomic E-state index is -3.78. The maximum atomic E-state index is 13.1. The molecule has 132 valence electrons. The van der Waals surface area contributed by atoms with E-state index in [4.69, 9.17) is 0 Å². The molecule has 7 nitrogen and oxygen atoms in total. The van der Waals surface area contributed by atoms with Crippen molar-refractivity contribution in [2.75, 3.05) is 36.7 Å². The number of rotatable bonds is 6. The average Bonchev–Trinajstić information content (AvgIpc) is 2.53. The third-order valence-electron chi connectivity index (χ3n) is 3.76. The first-order valence-electron chi connectivity index (χ1n) is 7.55. The third-order valence-corrected chi connectivity index (χ3v) is 5.25. The van der Waals surface area contributed by atoms with Crippen molar-refractivity contribution in [3.05, 3.63) is 30.1 Å². The SMILES string of the molecule is CC(CS(=O)(=O)Nc1cccc(F)c1)C(=O)N1CCN(C=O)CC1. The summed E-state index contributed by atoms with van der Waals surface area (Å²) < 4.78 is 39.7. The topological polar surface area (TPSA) is 86.8 Å². The second kappa shape index (κ2) is 7.61. The Morgan fingerprint density at radius 3 is 2.58 bits per heavy atom. The number of benzene rings is 1. The van der Waals surface area contributed by atoms with Gasteiger partial charge >= 0.3 is 0 Å². The van der Waals surface area contributed by atoms with E-state index in [1.165, 1.54) is 18.2 Å². The van der Waals surface area contributed by atoms with Crippen LogP contribution in [0, 0.1) is 11.7 Å². The molecule has 2 amide bonds. The summed E-state index contributed by atoms with van der Waals surface area (Å²) in [5.74, 6) is -1.95. The van der Waals surface area contributed by atoms with Gasteiger partial charge in [0.25, 0.3) is 0 Å². The number of halogens is 1. The highest BCUT2D eigenvalue weighted by atomic mass is 32.2. The summed E-state index contributed by atoms with van der Waals surface area (Å²) in [5.41, 5.74) is 0.120. The van der Waals surface area contributed by atoms with Crippen molar-refractivity contribution in [1.82, 2.24) is 9.80 Å². The molecule has 24 heavy (non-hydrogen) atoms. The molecule has 0 radical (unpaired) electrons. The number of anilines is 1. The van der Waals surface area contributed by atoms with Gasteiger partial charge in [-0.15, -0.1) is 0 Å². The Bertz CT molecular complexity index is 702. The van der Waals surface area contributed by atoms with Gasteiger partial charge in [-0.05, 0) is 18.2 Å². The molecule has 1 N–H and O–H groups in total. The lowest BCUT2D eigenvalue weighted by Crippen LogP contribution is -2.50. The Kier molecular flexibility index (Phi) is 5.76. The first kappa shape index (κ1) is 18.2. The molecule has 9 heteroatoms. The van der Waals surface area contributed by atoms with E-state index < -0.39 is 27.5 Å². The van der Waals surface area contributed by atoms with Crippen molar-refractivity contribution in [2.45, 2.75) is 6.92 Å². The molecule has 1 aromatic carbocycles. The smallest absolute Gasteiger partial charge is 0.233 e. The van der Waals surface area contributed by atoms with E-state index in [-0.39, 0.29) is 11.6 Å². The summed E-state index contributed by atoms with van der Waals surface area (Å²) in [6, 6.07) is 5.12. The van der Waals surface area contributed by atoms with Crippen LogP contribution in [-0.2, 0) is 19.6 Å². The van der Waals surface area contributed by atoms with Crippen LogP contribution in [0.3, 0.4) is 0 Å². The van der Waals surface area contributed by atoms with Crippen LogP contribution < -0.4 is 4.72 Å². The molecular weight excluding hydrogens is 337 g/mol. The van der Waals surface area contributed by atoms with Crippen molar-refractivity contribution in [1.29, 1.82) is 0 Å². The summed E-state index contributed by atoms with van der Waals surface area (Å²) in [5, 5.41) is 0. The van der Waals surface area contributed by atoms with Crippen LogP contribution in [-0.4, -0.2) is 62.5 Å². The van der Waals surface area contributed by atoms with Crippen molar-refractivity contribution < 1.29 is 22.4 Å². The number of piperazine rings is 1. The lowest BCUT2D eigenvalue weighted by molar-refractivity contribution is -0.137. The molecule has 1 heterocycles. The van der Waals surface area contributed by atoms with E-state index in [1.54, 1.807) is 16.7 Å². The second-order valence-electron chi connectivity index (χ2n) is 5.76. The van der Waals surface area contributed by atoms with Gasteiger partial charge in [0.1, 0.15) is 5.82 Å². The molecule has 1 aromatic rings. The number of carbonyl (C=O) groups excluding carboxylic acids is 2. The van der Waals surface area contributed by atoms with E-state index in [0.717, 1.165) is 12.5 Å². The number of amides is 2. The maximum Gasteiger partial charge on any atom is 0.233 e. The highest BCUT2D eigenvalue weighted by molar-refractivity contribution is 7.92. The van der Waals surface area contributed by atoms with Gasteiger partial charge in [-0.3, -0.25) is 14.3 Å². The van der Waals surface area contributed by atoms with Gasteiger partial charge < -0.3 is 9.80 Å². The Morgan fingerprint density at radius 2 is 2.00 bits per heavy atom. The standard InChI is InChI=1S/C15H20FN3O4S/c1-12(15(21)19-7-5-18(11-20)6-8-19)10-24(22,23)17-14-4-2-3-13(16)9-14/h2-4,9,11-12,17H,5-8,10H2,1H3. The van der Waals surface area contributed by atoms with Gasteiger partial charge in [0, 0.05) is 26.2 Å². The molecule has 0 spiro atoms. The number of hydrogen-bond donors (Lipinski definition) is 1. The van der Waals surface area contributed by atoms with Crippen LogP contribution in [0.25, 0.3) is 0 Å². The van der Waals surface area contributed by atoms with Gasteiger partial charge in [-0.1, -0.05) is 13.0 Å². The van der Waals surface area contributed by atoms with Crippen molar-refractivity contribution in [3.8, 4) is 0 Å². The fourth-order valence-electron chi connectivity index (χ4n) is 2.53. The second-order valence-corrected chi connectivity index (χ2v) is 7.53. The van der Waals surface area contributed by atoms with E-state index in [2.05, 4.69) is 4.72 Å². The quantitative estimate of drug-likeness (QED) is 0.752. The highest BCUT2D eigenvalue weighted by Crippen LogP contribution is 2.14. The van der Waals surface area contributed by atoms with Crippen LogP contribution >= 0.6 is 0 Å². The number of carbonyl (C=O) groups is 2. The summed E-state index contributed by atoms with van der Waals surface area (Å²) in [7, 11) is -3.78. The largest absolute Gasteiger partial charge is 0.342 e. The van der Waals surface area contributed by atoms with Crippen LogP contribution in [0.5, 0.6) is 0 Å². The fourth-order valence-corrected chi connectivity index (χ4v) is 3.90. The molecule has 0 aliphatic carbocycles. The van der Waals surface area contributed by atoms with Crippen LogP contribution in [0.2, 0.25) is 0 Å². The van der Waals surface area contributed by atoms with Crippen LogP contribution in [0.15, 0.2) is 24.3 Å². The number of sulfonamides is 1. The molecule has 1 aliphatic rings. The van der Waals surface area contributed by atoms with Crippen molar-refractivity contribution >= 4 is 28.0 Å². The molecule has 0 aromatic heterocycles. The zero-order valence-electron chi connectivity index (χ0n) is 13.3. The summed E-state index contributed by atoms with van der Waals surface area (Å²) in [6.45, 7) is 3.20. The molecular formula is C15H20FN3O4S. The predicted octanol–water partition coefficient (Wildman–Crippen LogP) is 0.504. The lowest BCUT2D eigenvalue weighted by atomic mass is 10.1. The minimum Gasteiger partial charge on any atom is -0.342 e. The monoisotopic (exact) mass is 357 g/mol. The van der Waals surface area contributed by atoms with E-state index in [1.807, 2.05) is 0 Å². The molecule has 1 fully saturated rings. The molecule has 0 saturated carbocycles. The number of nitrogens with zero attached hydrogens (tertiary/aromatic N) is 2. The van der Waals surface area contributed by atoms with Gasteiger partial charge in [-0.2, -0.15) is 0 Å². The maximum absolute atomic E-state index is 13.1. The Balaban J connectivity index is 1.93. The summed E-state index contributed by atoms with van der Waals surface area (Å²) >= 11 is 0. The summed E-state index contributed by atoms with van der Waals surface area (Å²) in [6.07, 6.45) is 0.735. The molecule has 1 saturated heterocycles. The van der Waals surface area contributed by atoms with E-state index in [0.29, 0.717) is 26.2 Å². The summed E-state index contributed by atoms with van der Waals surface area (Å²) in [4.78, 5) is 26.1. The predicted molar refractivity (Wildman–Crippen MR) is 87.2 cm³/mol. The van der Waals surface area contributed by atoms with Crippen LogP contribution in [0.4, 0.5) is 10.1 Å². The Hall–Kier alpha value is -2.16. The number of hydrogen-bond acceptors (Lipinski definition) is 4. The number of nitrogens with one attached hydrogen (secondary N) is 1. The first-order valence-corrected chi connectivity index (χ1v) is 9.20.